The normalized spacial score (nSPS) is 12.8. The van der Waals surface area contributed by atoms with Gasteiger partial charge in [0.15, 0.2) is 0 Å². The largest absolute Gasteiger partial charge is 0.396 e. The number of rotatable bonds is 4. The number of benzene rings is 1. The first-order valence-corrected chi connectivity index (χ1v) is 4.66. The minimum atomic E-state index is 0.212. The van der Waals surface area contributed by atoms with Crippen molar-refractivity contribution in [2.24, 2.45) is 5.73 Å². The Labute approximate surface area is 79.4 Å². The van der Waals surface area contributed by atoms with Gasteiger partial charge in [0.1, 0.15) is 0 Å². The molecule has 0 spiro atoms. The third-order valence-corrected chi connectivity index (χ3v) is 1.98. The van der Waals surface area contributed by atoms with E-state index in [1.54, 1.807) is 0 Å². The highest BCUT2D eigenvalue weighted by molar-refractivity contribution is 5.23. The zero-order valence-electron chi connectivity index (χ0n) is 8.03. The third kappa shape index (κ3) is 3.57. The summed E-state index contributed by atoms with van der Waals surface area (Å²) in [6.07, 6.45) is 1.65. The Balaban J connectivity index is 2.59. The Bertz CT molecular complexity index is 241. The van der Waals surface area contributed by atoms with Gasteiger partial charge in [-0.15, -0.1) is 0 Å². The van der Waals surface area contributed by atoms with Crippen LogP contribution in [0.1, 0.15) is 18.1 Å². The van der Waals surface area contributed by atoms with Crippen molar-refractivity contribution < 1.29 is 5.11 Å². The van der Waals surface area contributed by atoms with Crippen molar-refractivity contribution in [1.29, 1.82) is 0 Å². The maximum absolute atomic E-state index is 8.71. The molecule has 1 aromatic carbocycles. The van der Waals surface area contributed by atoms with E-state index in [-0.39, 0.29) is 12.6 Å². The topological polar surface area (TPSA) is 46.2 Å². The van der Waals surface area contributed by atoms with Crippen LogP contribution in [0.3, 0.4) is 0 Å². The van der Waals surface area contributed by atoms with Crippen LogP contribution in [0.4, 0.5) is 0 Å². The van der Waals surface area contributed by atoms with Crippen LogP contribution in [0.2, 0.25) is 0 Å². The maximum atomic E-state index is 8.71. The van der Waals surface area contributed by atoms with Gasteiger partial charge >= 0.3 is 0 Å². The summed E-state index contributed by atoms with van der Waals surface area (Å²) in [6.45, 7) is 2.22. The predicted molar refractivity (Wildman–Crippen MR) is 54.6 cm³/mol. The van der Waals surface area contributed by atoms with Gasteiger partial charge in [0.05, 0.1) is 0 Å². The van der Waals surface area contributed by atoms with Gasteiger partial charge in [-0.25, -0.2) is 0 Å². The Hall–Kier alpha value is -0.860. The molecular formula is C11H17NO. The van der Waals surface area contributed by atoms with Crippen LogP contribution >= 0.6 is 0 Å². The van der Waals surface area contributed by atoms with E-state index in [0.717, 1.165) is 12.8 Å². The van der Waals surface area contributed by atoms with Crippen LogP contribution in [0.15, 0.2) is 24.3 Å². The summed E-state index contributed by atoms with van der Waals surface area (Å²) in [5.74, 6) is 0. The lowest BCUT2D eigenvalue weighted by atomic mass is 10.0. The number of hydrogen-bond acceptors (Lipinski definition) is 2. The fourth-order valence-electron chi connectivity index (χ4n) is 1.34. The molecule has 3 N–H and O–H groups in total. The van der Waals surface area contributed by atoms with Crippen molar-refractivity contribution in [2.45, 2.75) is 25.8 Å². The van der Waals surface area contributed by atoms with Crippen LogP contribution in [-0.4, -0.2) is 17.8 Å². The second-order valence-corrected chi connectivity index (χ2v) is 3.47. The van der Waals surface area contributed by atoms with Crippen molar-refractivity contribution in [3.8, 4) is 0 Å². The van der Waals surface area contributed by atoms with Crippen molar-refractivity contribution in [3.63, 3.8) is 0 Å². The third-order valence-electron chi connectivity index (χ3n) is 1.98. The molecule has 0 fully saturated rings. The molecule has 1 atom stereocenters. The number of nitrogens with two attached hydrogens (primary N) is 1. The van der Waals surface area contributed by atoms with Crippen LogP contribution in [0.25, 0.3) is 0 Å². The monoisotopic (exact) mass is 179 g/mol. The Morgan fingerprint density at radius 2 is 1.77 bits per heavy atom. The quantitative estimate of drug-likeness (QED) is 0.727. The van der Waals surface area contributed by atoms with Crippen LogP contribution in [-0.2, 0) is 12.8 Å². The summed E-state index contributed by atoms with van der Waals surface area (Å²) in [4.78, 5) is 0. The fraction of sp³-hybridized carbons (Fsp3) is 0.455. The molecule has 2 heteroatoms. The lowest BCUT2D eigenvalue weighted by Crippen LogP contribution is -2.17. The first-order chi connectivity index (χ1) is 6.22. The van der Waals surface area contributed by atoms with Gasteiger partial charge in [-0.3, -0.25) is 0 Å². The van der Waals surface area contributed by atoms with Crippen molar-refractivity contribution in [3.05, 3.63) is 35.4 Å². The average molecular weight is 179 g/mol. The summed E-state index contributed by atoms with van der Waals surface area (Å²) in [5.41, 5.74) is 8.12. The lowest BCUT2D eigenvalue weighted by molar-refractivity contribution is 0.299. The van der Waals surface area contributed by atoms with E-state index in [4.69, 9.17) is 10.8 Å². The van der Waals surface area contributed by atoms with Crippen LogP contribution in [0.5, 0.6) is 0 Å². The van der Waals surface area contributed by atoms with Gasteiger partial charge in [-0.2, -0.15) is 0 Å². The van der Waals surface area contributed by atoms with Gasteiger partial charge in [0.2, 0.25) is 0 Å². The molecule has 0 radical (unpaired) electrons. The van der Waals surface area contributed by atoms with E-state index in [2.05, 4.69) is 12.1 Å². The smallest absolute Gasteiger partial charge is 0.0471 e. The van der Waals surface area contributed by atoms with E-state index in [1.807, 2.05) is 19.1 Å². The first-order valence-electron chi connectivity index (χ1n) is 4.66. The average Bonchev–Trinajstić information content (AvgIpc) is 2.08. The van der Waals surface area contributed by atoms with Gasteiger partial charge in [0.25, 0.3) is 0 Å². The fourth-order valence-corrected chi connectivity index (χ4v) is 1.34. The molecule has 13 heavy (non-hydrogen) atoms. The zero-order chi connectivity index (χ0) is 9.68. The molecule has 0 saturated heterocycles. The van der Waals surface area contributed by atoms with Gasteiger partial charge in [-0.1, -0.05) is 24.3 Å². The molecule has 0 aliphatic carbocycles. The molecule has 0 saturated carbocycles. The zero-order valence-corrected chi connectivity index (χ0v) is 8.03. The number of aliphatic hydroxyl groups is 1. The molecule has 0 aliphatic rings. The summed E-state index contributed by atoms with van der Waals surface area (Å²) in [6, 6.07) is 8.47. The predicted octanol–water partition coefficient (Wildman–Crippen LogP) is 1.11. The van der Waals surface area contributed by atoms with E-state index < -0.39 is 0 Å². The van der Waals surface area contributed by atoms with Crippen molar-refractivity contribution in [2.75, 3.05) is 6.61 Å². The Kier molecular flexibility index (Phi) is 3.93. The minimum absolute atomic E-state index is 0.212. The second kappa shape index (κ2) is 5.00. The summed E-state index contributed by atoms with van der Waals surface area (Å²) in [5, 5.41) is 8.71. The minimum Gasteiger partial charge on any atom is -0.396 e. The summed E-state index contributed by atoms with van der Waals surface area (Å²) in [7, 11) is 0. The van der Waals surface area contributed by atoms with E-state index >= 15 is 0 Å². The molecule has 2 nitrogen and oxygen atoms in total. The van der Waals surface area contributed by atoms with Crippen molar-refractivity contribution >= 4 is 0 Å². The van der Waals surface area contributed by atoms with E-state index in [1.165, 1.54) is 11.1 Å². The molecule has 0 aliphatic heterocycles. The van der Waals surface area contributed by atoms with Crippen LogP contribution < -0.4 is 5.73 Å². The molecule has 0 heterocycles. The van der Waals surface area contributed by atoms with E-state index in [0.29, 0.717) is 0 Å². The molecule has 0 aromatic heterocycles. The Morgan fingerprint density at radius 1 is 1.23 bits per heavy atom. The molecule has 0 amide bonds. The summed E-state index contributed by atoms with van der Waals surface area (Å²) < 4.78 is 0. The van der Waals surface area contributed by atoms with Crippen molar-refractivity contribution in [1.82, 2.24) is 0 Å². The Morgan fingerprint density at radius 3 is 2.23 bits per heavy atom. The van der Waals surface area contributed by atoms with Gasteiger partial charge < -0.3 is 10.8 Å². The van der Waals surface area contributed by atoms with Gasteiger partial charge in [-0.05, 0) is 30.9 Å². The first kappa shape index (κ1) is 10.2. The number of hydrogen-bond donors (Lipinski definition) is 2. The summed E-state index contributed by atoms with van der Waals surface area (Å²) >= 11 is 0. The molecule has 1 aromatic rings. The molecular weight excluding hydrogens is 162 g/mol. The second-order valence-electron chi connectivity index (χ2n) is 3.47. The highest BCUT2D eigenvalue weighted by atomic mass is 16.2. The highest BCUT2D eigenvalue weighted by Crippen LogP contribution is 2.06. The maximum Gasteiger partial charge on any atom is 0.0471 e. The molecule has 0 bridgehead atoms. The van der Waals surface area contributed by atoms with Crippen LogP contribution in [0, 0.1) is 0 Å². The standard InChI is InChI=1S/C11H17NO/c1-9(12)8-11-4-2-10(3-5-11)6-7-13/h2-5,9,13H,6-8,12H2,1H3. The van der Waals surface area contributed by atoms with Gasteiger partial charge in [0, 0.05) is 12.6 Å². The lowest BCUT2D eigenvalue weighted by Gasteiger charge is -2.05. The molecule has 72 valence electrons. The highest BCUT2D eigenvalue weighted by Gasteiger charge is 1.97. The number of aliphatic hydroxyl groups excluding tert-OH is 1. The SMILES string of the molecule is CC(N)Cc1ccc(CCO)cc1. The molecule has 1 unspecified atom stereocenters. The molecule has 1 rings (SSSR count). The van der Waals surface area contributed by atoms with E-state index in [9.17, 15) is 0 Å².